The van der Waals surface area contributed by atoms with Crippen LogP contribution in [0.15, 0.2) is 22.7 Å². The largest absolute Gasteiger partial charge is 0.339 e. The van der Waals surface area contributed by atoms with Crippen LogP contribution in [0, 0.1) is 11.7 Å². The number of halogens is 2. The monoisotopic (exact) mass is 342 g/mol. The summed E-state index contributed by atoms with van der Waals surface area (Å²) in [5.74, 6) is 0.0404. The number of nitrogens with one attached hydrogen (secondary N) is 1. The number of rotatable bonds is 4. The summed E-state index contributed by atoms with van der Waals surface area (Å²) < 4.78 is 13.8. The zero-order valence-corrected chi connectivity index (χ0v) is 13.2. The Bertz CT molecular complexity index is 475. The number of hydrogen-bond acceptors (Lipinski definition) is 2. The fourth-order valence-electron chi connectivity index (χ4n) is 2.57. The molecule has 1 amide bonds. The van der Waals surface area contributed by atoms with E-state index >= 15 is 0 Å². The average molecular weight is 343 g/mol. The lowest BCUT2D eigenvalue weighted by atomic mass is 9.97. The van der Waals surface area contributed by atoms with Gasteiger partial charge in [0.15, 0.2) is 0 Å². The maximum Gasteiger partial charge on any atom is 0.255 e. The van der Waals surface area contributed by atoms with E-state index in [1.807, 2.05) is 11.8 Å². The van der Waals surface area contributed by atoms with Gasteiger partial charge in [0.2, 0.25) is 0 Å². The van der Waals surface area contributed by atoms with Crippen molar-refractivity contribution < 1.29 is 9.18 Å². The van der Waals surface area contributed by atoms with E-state index in [0.29, 0.717) is 18.0 Å². The molecular weight excluding hydrogens is 323 g/mol. The van der Waals surface area contributed by atoms with Gasteiger partial charge in [-0.1, -0.05) is 6.07 Å². The van der Waals surface area contributed by atoms with Crippen molar-refractivity contribution in [2.45, 2.75) is 19.8 Å². The lowest BCUT2D eigenvalue weighted by Gasteiger charge is -2.29. The molecule has 0 unspecified atom stereocenters. The van der Waals surface area contributed by atoms with Crippen LogP contribution in [0.4, 0.5) is 4.39 Å². The van der Waals surface area contributed by atoms with Crippen molar-refractivity contribution in [3.05, 3.63) is 34.1 Å². The highest BCUT2D eigenvalue weighted by molar-refractivity contribution is 9.10. The zero-order chi connectivity index (χ0) is 14.5. The van der Waals surface area contributed by atoms with Crippen LogP contribution in [-0.2, 0) is 0 Å². The number of piperidine rings is 1. The molecule has 0 aromatic heterocycles. The minimum Gasteiger partial charge on any atom is -0.339 e. The predicted octanol–water partition coefficient (Wildman–Crippen LogP) is 3.05. The van der Waals surface area contributed by atoms with Crippen LogP contribution in [0.5, 0.6) is 0 Å². The third-order valence-electron chi connectivity index (χ3n) is 3.79. The molecule has 0 bridgehead atoms. The molecule has 0 spiro atoms. The van der Waals surface area contributed by atoms with Crippen molar-refractivity contribution in [3.63, 3.8) is 0 Å². The van der Waals surface area contributed by atoms with Crippen molar-refractivity contribution in [1.82, 2.24) is 10.2 Å². The highest BCUT2D eigenvalue weighted by Gasteiger charge is 2.22. The SMILES string of the molecule is CCN(CC1CCNCC1)C(=O)c1cccc(F)c1Br. The normalized spacial score (nSPS) is 16.1. The first-order valence-corrected chi connectivity index (χ1v) is 7.86. The molecule has 1 aromatic rings. The fraction of sp³-hybridized carbons (Fsp3) is 0.533. The van der Waals surface area contributed by atoms with Crippen LogP contribution < -0.4 is 5.32 Å². The number of carbonyl (C=O) groups is 1. The molecule has 5 heteroatoms. The molecule has 1 saturated heterocycles. The van der Waals surface area contributed by atoms with E-state index in [4.69, 9.17) is 0 Å². The average Bonchev–Trinajstić information content (AvgIpc) is 2.48. The molecule has 0 saturated carbocycles. The summed E-state index contributed by atoms with van der Waals surface area (Å²) >= 11 is 3.17. The number of nitrogens with zero attached hydrogens (tertiary/aromatic N) is 1. The van der Waals surface area contributed by atoms with E-state index in [0.717, 1.165) is 32.5 Å². The van der Waals surface area contributed by atoms with Gasteiger partial charge >= 0.3 is 0 Å². The van der Waals surface area contributed by atoms with E-state index in [1.165, 1.54) is 6.07 Å². The van der Waals surface area contributed by atoms with Gasteiger partial charge in [0.1, 0.15) is 5.82 Å². The third kappa shape index (κ3) is 3.58. The number of hydrogen-bond donors (Lipinski definition) is 1. The predicted molar refractivity (Wildman–Crippen MR) is 81.3 cm³/mol. The van der Waals surface area contributed by atoms with E-state index in [9.17, 15) is 9.18 Å². The molecule has 0 atom stereocenters. The number of benzene rings is 1. The molecule has 2 rings (SSSR count). The number of amides is 1. The molecule has 0 radical (unpaired) electrons. The highest BCUT2D eigenvalue weighted by Crippen LogP contribution is 2.23. The minimum atomic E-state index is -0.395. The topological polar surface area (TPSA) is 32.3 Å². The van der Waals surface area contributed by atoms with Gasteiger partial charge in [-0.25, -0.2) is 4.39 Å². The highest BCUT2D eigenvalue weighted by atomic mass is 79.9. The summed E-state index contributed by atoms with van der Waals surface area (Å²) in [6.07, 6.45) is 2.18. The Hall–Kier alpha value is -0.940. The molecule has 20 heavy (non-hydrogen) atoms. The van der Waals surface area contributed by atoms with Crippen molar-refractivity contribution in [2.75, 3.05) is 26.2 Å². The third-order valence-corrected chi connectivity index (χ3v) is 4.59. The Morgan fingerprint density at radius 3 is 2.80 bits per heavy atom. The van der Waals surface area contributed by atoms with Crippen molar-refractivity contribution >= 4 is 21.8 Å². The van der Waals surface area contributed by atoms with Gasteiger partial charge in [-0.3, -0.25) is 4.79 Å². The van der Waals surface area contributed by atoms with Crippen LogP contribution in [0.3, 0.4) is 0 Å². The van der Waals surface area contributed by atoms with Gasteiger partial charge < -0.3 is 10.2 Å². The van der Waals surface area contributed by atoms with Crippen LogP contribution in [-0.4, -0.2) is 37.0 Å². The Morgan fingerprint density at radius 1 is 1.45 bits per heavy atom. The Morgan fingerprint density at radius 2 is 2.15 bits per heavy atom. The lowest BCUT2D eigenvalue weighted by Crippen LogP contribution is -2.39. The zero-order valence-electron chi connectivity index (χ0n) is 11.7. The summed E-state index contributed by atoms with van der Waals surface area (Å²) in [5, 5.41) is 3.32. The second-order valence-corrected chi connectivity index (χ2v) is 5.93. The van der Waals surface area contributed by atoms with Crippen molar-refractivity contribution in [1.29, 1.82) is 0 Å². The molecule has 3 nitrogen and oxygen atoms in total. The van der Waals surface area contributed by atoms with E-state index in [2.05, 4.69) is 21.2 Å². The van der Waals surface area contributed by atoms with Gasteiger partial charge in [-0.2, -0.15) is 0 Å². The standard InChI is InChI=1S/C15H20BrFN2O/c1-2-19(10-11-6-8-18-9-7-11)15(20)12-4-3-5-13(17)14(12)16/h3-5,11,18H,2,6-10H2,1H3. The van der Waals surface area contributed by atoms with Crippen LogP contribution >= 0.6 is 15.9 Å². The second kappa shape index (κ2) is 7.18. The molecule has 1 N–H and O–H groups in total. The molecule has 110 valence electrons. The first-order valence-electron chi connectivity index (χ1n) is 7.07. The quantitative estimate of drug-likeness (QED) is 0.911. The Labute approximate surface area is 127 Å². The van der Waals surface area contributed by atoms with Gasteiger partial charge in [0.05, 0.1) is 10.0 Å². The summed E-state index contributed by atoms with van der Waals surface area (Å²) in [5.41, 5.74) is 0.404. The van der Waals surface area contributed by atoms with Crippen LogP contribution in [0.25, 0.3) is 0 Å². The fourth-order valence-corrected chi connectivity index (χ4v) is 3.00. The molecule has 0 aliphatic carbocycles. The van der Waals surface area contributed by atoms with E-state index < -0.39 is 5.82 Å². The van der Waals surface area contributed by atoms with E-state index in [-0.39, 0.29) is 10.4 Å². The molecule has 1 aliphatic heterocycles. The van der Waals surface area contributed by atoms with Crippen molar-refractivity contribution in [2.24, 2.45) is 5.92 Å². The summed E-state index contributed by atoms with van der Waals surface area (Å²) in [6.45, 7) is 5.39. The maximum absolute atomic E-state index is 13.5. The summed E-state index contributed by atoms with van der Waals surface area (Å²) in [7, 11) is 0. The summed E-state index contributed by atoms with van der Waals surface area (Å²) in [6, 6.07) is 4.59. The van der Waals surface area contributed by atoms with E-state index in [1.54, 1.807) is 12.1 Å². The maximum atomic E-state index is 13.5. The lowest BCUT2D eigenvalue weighted by molar-refractivity contribution is 0.0725. The Balaban J connectivity index is 2.10. The van der Waals surface area contributed by atoms with Crippen LogP contribution in [0.2, 0.25) is 0 Å². The first-order chi connectivity index (χ1) is 9.63. The minimum absolute atomic E-state index is 0.0996. The second-order valence-electron chi connectivity index (χ2n) is 5.14. The summed E-state index contributed by atoms with van der Waals surface area (Å²) in [4.78, 5) is 14.4. The number of carbonyl (C=O) groups excluding carboxylic acids is 1. The van der Waals surface area contributed by atoms with Crippen molar-refractivity contribution in [3.8, 4) is 0 Å². The molecule has 1 fully saturated rings. The molecule has 1 aliphatic rings. The van der Waals surface area contributed by atoms with Gasteiger partial charge in [0, 0.05) is 13.1 Å². The van der Waals surface area contributed by atoms with Crippen LogP contribution in [0.1, 0.15) is 30.1 Å². The van der Waals surface area contributed by atoms with Gasteiger partial charge in [-0.15, -0.1) is 0 Å². The smallest absolute Gasteiger partial charge is 0.255 e. The molecular formula is C15H20BrFN2O. The van der Waals surface area contributed by atoms with Gasteiger partial charge in [-0.05, 0) is 66.8 Å². The molecule has 1 aromatic carbocycles. The Kier molecular flexibility index (Phi) is 5.54. The van der Waals surface area contributed by atoms with Gasteiger partial charge in [0.25, 0.3) is 5.91 Å². The molecule has 1 heterocycles. The first kappa shape index (κ1) is 15.4.